The van der Waals surface area contributed by atoms with Gasteiger partial charge in [-0.05, 0) is 48.7 Å². The highest BCUT2D eigenvalue weighted by Gasteiger charge is 2.12. The summed E-state index contributed by atoms with van der Waals surface area (Å²) in [6, 6.07) is 14.8. The number of methoxy groups -OCH3 is 1. The number of aryl methyl sites for hydroxylation is 1. The van der Waals surface area contributed by atoms with E-state index in [0.29, 0.717) is 23.8 Å². The van der Waals surface area contributed by atoms with Crippen LogP contribution in [-0.2, 0) is 6.42 Å². The third-order valence-electron chi connectivity index (χ3n) is 4.07. The second kappa shape index (κ2) is 9.70. The molecule has 1 heterocycles. The van der Waals surface area contributed by atoms with Crippen LogP contribution < -0.4 is 20.7 Å². The highest BCUT2D eigenvalue weighted by Crippen LogP contribution is 2.17. The molecule has 0 spiro atoms. The topological polar surface area (TPSA) is 92.4 Å². The van der Waals surface area contributed by atoms with Gasteiger partial charge in [-0.2, -0.15) is 0 Å². The minimum atomic E-state index is -0.407. The second-order valence-corrected chi connectivity index (χ2v) is 7.20. The Bertz CT molecular complexity index is 1000. The molecule has 150 valence electrons. The normalized spacial score (nSPS) is 10.3. The lowest BCUT2D eigenvalue weighted by Gasteiger charge is -2.06. The highest BCUT2D eigenvalue weighted by molar-refractivity contribution is 7.14. The summed E-state index contributed by atoms with van der Waals surface area (Å²) in [5.41, 5.74) is 3.07. The molecule has 0 aliphatic rings. The predicted molar refractivity (Wildman–Crippen MR) is 115 cm³/mol. The number of thiazole rings is 1. The van der Waals surface area contributed by atoms with Crippen molar-refractivity contribution in [2.45, 2.75) is 13.3 Å². The lowest BCUT2D eigenvalue weighted by Crippen LogP contribution is -2.26. The summed E-state index contributed by atoms with van der Waals surface area (Å²) in [7, 11) is 1.62. The fourth-order valence-corrected chi connectivity index (χ4v) is 3.34. The summed E-state index contributed by atoms with van der Waals surface area (Å²) in [6.07, 6.45) is 0.678. The number of amides is 3. The molecule has 0 atom stereocenters. The molecular formula is C21H22N4O3S. The number of anilines is 2. The van der Waals surface area contributed by atoms with Gasteiger partial charge in [-0.15, -0.1) is 11.3 Å². The van der Waals surface area contributed by atoms with Crippen molar-refractivity contribution >= 4 is 34.1 Å². The Kier molecular flexibility index (Phi) is 6.80. The lowest BCUT2D eigenvalue weighted by molar-refractivity contribution is 0.0950. The molecule has 0 bridgehead atoms. The van der Waals surface area contributed by atoms with Crippen molar-refractivity contribution in [2.75, 3.05) is 24.3 Å². The molecule has 3 N–H and O–H groups in total. The Morgan fingerprint density at radius 1 is 1.10 bits per heavy atom. The Balaban J connectivity index is 1.48. The maximum atomic E-state index is 12.3. The van der Waals surface area contributed by atoms with Gasteiger partial charge in [0.25, 0.3) is 5.91 Å². The van der Waals surface area contributed by atoms with Crippen LogP contribution in [0.4, 0.5) is 15.6 Å². The Morgan fingerprint density at radius 3 is 2.72 bits per heavy atom. The molecule has 8 heteroatoms. The Morgan fingerprint density at radius 2 is 1.93 bits per heavy atom. The van der Waals surface area contributed by atoms with Crippen LogP contribution >= 0.6 is 11.3 Å². The lowest BCUT2D eigenvalue weighted by atomic mass is 10.1. The van der Waals surface area contributed by atoms with Crippen LogP contribution in [0.1, 0.15) is 21.6 Å². The van der Waals surface area contributed by atoms with Gasteiger partial charge in [0.15, 0.2) is 5.13 Å². The molecule has 2 aromatic carbocycles. The number of aromatic nitrogens is 1. The van der Waals surface area contributed by atoms with Gasteiger partial charge in [0, 0.05) is 17.6 Å². The van der Waals surface area contributed by atoms with E-state index in [4.69, 9.17) is 4.74 Å². The first-order valence-corrected chi connectivity index (χ1v) is 9.93. The van der Waals surface area contributed by atoms with E-state index < -0.39 is 6.03 Å². The van der Waals surface area contributed by atoms with E-state index in [1.54, 1.807) is 18.6 Å². The standard InChI is InChI=1S/C21H22N4O3S/c1-14-5-3-7-16(11-14)23-20(27)25-21-24-18(13-29-21)19(26)22-10-9-15-6-4-8-17(12-15)28-2/h3-8,11-13H,9-10H2,1-2H3,(H,22,26)(H2,23,24,25,27). The second-order valence-electron chi connectivity index (χ2n) is 6.34. The minimum absolute atomic E-state index is 0.270. The first-order chi connectivity index (χ1) is 14.0. The smallest absolute Gasteiger partial charge is 0.325 e. The molecule has 0 unspecified atom stereocenters. The van der Waals surface area contributed by atoms with Crippen LogP contribution in [0.3, 0.4) is 0 Å². The van der Waals surface area contributed by atoms with Gasteiger partial charge in [-0.25, -0.2) is 9.78 Å². The monoisotopic (exact) mass is 410 g/mol. The molecule has 3 aromatic rings. The van der Waals surface area contributed by atoms with E-state index in [2.05, 4.69) is 20.9 Å². The molecule has 0 saturated carbocycles. The van der Waals surface area contributed by atoms with Crippen LogP contribution in [0.2, 0.25) is 0 Å². The van der Waals surface area contributed by atoms with E-state index in [-0.39, 0.29) is 11.6 Å². The van der Waals surface area contributed by atoms with Crippen molar-refractivity contribution in [1.82, 2.24) is 10.3 Å². The summed E-state index contributed by atoms with van der Waals surface area (Å²) in [5.74, 6) is 0.504. The van der Waals surface area contributed by atoms with E-state index in [1.165, 1.54) is 11.3 Å². The molecule has 3 rings (SSSR count). The van der Waals surface area contributed by atoms with E-state index in [9.17, 15) is 9.59 Å². The predicted octanol–water partition coefficient (Wildman–Crippen LogP) is 4.08. The zero-order valence-electron chi connectivity index (χ0n) is 16.2. The van der Waals surface area contributed by atoms with Gasteiger partial charge in [0.1, 0.15) is 11.4 Å². The zero-order chi connectivity index (χ0) is 20.6. The SMILES string of the molecule is COc1cccc(CCNC(=O)c2csc(NC(=O)Nc3cccc(C)c3)n2)c1. The van der Waals surface area contributed by atoms with Gasteiger partial charge >= 0.3 is 6.03 Å². The fourth-order valence-electron chi connectivity index (χ4n) is 2.66. The quantitative estimate of drug-likeness (QED) is 0.547. The van der Waals surface area contributed by atoms with Crippen LogP contribution in [0.25, 0.3) is 0 Å². The average molecular weight is 410 g/mol. The molecule has 3 amide bonds. The van der Waals surface area contributed by atoms with Crippen LogP contribution in [0, 0.1) is 6.92 Å². The summed E-state index contributed by atoms with van der Waals surface area (Å²) in [6.45, 7) is 2.42. The largest absolute Gasteiger partial charge is 0.497 e. The number of nitrogens with one attached hydrogen (secondary N) is 3. The summed E-state index contributed by atoms with van der Waals surface area (Å²) in [5, 5.41) is 10.2. The molecule has 29 heavy (non-hydrogen) atoms. The summed E-state index contributed by atoms with van der Waals surface area (Å²) in [4.78, 5) is 28.5. The molecule has 0 aliphatic carbocycles. The number of benzene rings is 2. The van der Waals surface area contributed by atoms with Crippen molar-refractivity contribution < 1.29 is 14.3 Å². The van der Waals surface area contributed by atoms with Crippen molar-refractivity contribution in [2.24, 2.45) is 0 Å². The molecule has 0 saturated heterocycles. The maximum absolute atomic E-state index is 12.3. The van der Waals surface area contributed by atoms with Gasteiger partial charge < -0.3 is 15.4 Å². The zero-order valence-corrected chi connectivity index (χ0v) is 17.0. The molecule has 0 fully saturated rings. The number of nitrogens with zero attached hydrogens (tertiary/aromatic N) is 1. The van der Waals surface area contributed by atoms with Crippen molar-refractivity contribution in [1.29, 1.82) is 0 Å². The number of ether oxygens (including phenoxy) is 1. The van der Waals surface area contributed by atoms with Gasteiger partial charge in [-0.1, -0.05) is 24.3 Å². The van der Waals surface area contributed by atoms with E-state index in [1.807, 2.05) is 49.4 Å². The van der Waals surface area contributed by atoms with E-state index >= 15 is 0 Å². The van der Waals surface area contributed by atoms with Gasteiger partial charge in [0.2, 0.25) is 0 Å². The number of carbonyl (C=O) groups excluding carboxylic acids is 2. The van der Waals surface area contributed by atoms with Gasteiger partial charge in [0.05, 0.1) is 7.11 Å². The Hall–Kier alpha value is -3.39. The molecule has 0 radical (unpaired) electrons. The summed E-state index contributed by atoms with van der Waals surface area (Å²) < 4.78 is 5.19. The molecule has 0 aliphatic heterocycles. The van der Waals surface area contributed by atoms with Crippen molar-refractivity contribution in [3.63, 3.8) is 0 Å². The van der Waals surface area contributed by atoms with Crippen LogP contribution in [0.15, 0.2) is 53.9 Å². The third-order valence-corrected chi connectivity index (χ3v) is 4.82. The minimum Gasteiger partial charge on any atom is -0.497 e. The Labute approximate surface area is 173 Å². The summed E-state index contributed by atoms with van der Waals surface area (Å²) >= 11 is 1.19. The fraction of sp³-hybridized carbons (Fsp3) is 0.190. The first kappa shape index (κ1) is 20.3. The molecule has 1 aromatic heterocycles. The third kappa shape index (κ3) is 6.05. The van der Waals surface area contributed by atoms with Crippen LogP contribution in [-0.4, -0.2) is 30.6 Å². The molecule has 7 nitrogen and oxygen atoms in total. The highest BCUT2D eigenvalue weighted by atomic mass is 32.1. The number of carbonyl (C=O) groups is 2. The number of hydrogen-bond donors (Lipinski definition) is 3. The maximum Gasteiger partial charge on any atom is 0.325 e. The molecular weight excluding hydrogens is 388 g/mol. The van der Waals surface area contributed by atoms with E-state index in [0.717, 1.165) is 16.9 Å². The average Bonchev–Trinajstić information content (AvgIpc) is 3.16. The van der Waals surface area contributed by atoms with Crippen molar-refractivity contribution in [3.05, 3.63) is 70.7 Å². The van der Waals surface area contributed by atoms with Crippen molar-refractivity contribution in [3.8, 4) is 5.75 Å². The first-order valence-electron chi connectivity index (χ1n) is 9.05. The number of rotatable bonds is 7. The van der Waals surface area contributed by atoms with Gasteiger partial charge in [-0.3, -0.25) is 10.1 Å². The van der Waals surface area contributed by atoms with Crippen LogP contribution in [0.5, 0.6) is 5.75 Å². The number of hydrogen-bond acceptors (Lipinski definition) is 5. The number of urea groups is 1.